The third-order valence-corrected chi connectivity index (χ3v) is 0.900. The molecular formula is C9H16. The maximum atomic E-state index is 2.19. The van der Waals surface area contributed by atoms with Crippen LogP contribution in [0.15, 0.2) is 24.3 Å². The van der Waals surface area contributed by atoms with E-state index < -0.39 is 0 Å². The summed E-state index contributed by atoms with van der Waals surface area (Å²) >= 11 is 0. The zero-order valence-electron chi connectivity index (χ0n) is 6.81. The first kappa shape index (κ1) is 8.48. The molecule has 0 fully saturated rings. The van der Waals surface area contributed by atoms with Gasteiger partial charge >= 0.3 is 0 Å². The highest BCUT2D eigenvalue weighted by molar-refractivity contribution is 5.04. The van der Waals surface area contributed by atoms with Crippen molar-refractivity contribution in [1.29, 1.82) is 0 Å². The van der Waals surface area contributed by atoms with Crippen LogP contribution in [0.1, 0.15) is 27.7 Å². The van der Waals surface area contributed by atoms with E-state index in [0.29, 0.717) is 5.41 Å². The van der Waals surface area contributed by atoms with Crippen LogP contribution < -0.4 is 0 Å². The van der Waals surface area contributed by atoms with Gasteiger partial charge in [-0.05, 0) is 12.3 Å². The highest BCUT2D eigenvalue weighted by Gasteiger charge is 2.01. The molecule has 0 radical (unpaired) electrons. The van der Waals surface area contributed by atoms with Gasteiger partial charge in [-0.2, -0.15) is 0 Å². The summed E-state index contributed by atoms with van der Waals surface area (Å²) in [6, 6.07) is 0. The first-order valence-electron chi connectivity index (χ1n) is 3.37. The van der Waals surface area contributed by atoms with Gasteiger partial charge in [-0.25, -0.2) is 0 Å². The minimum Gasteiger partial charge on any atom is -0.0877 e. The summed E-state index contributed by atoms with van der Waals surface area (Å²) < 4.78 is 0. The zero-order chi connectivity index (χ0) is 7.33. The summed E-state index contributed by atoms with van der Waals surface area (Å²) in [5, 5.41) is 0. The van der Waals surface area contributed by atoms with Crippen molar-refractivity contribution in [3.8, 4) is 0 Å². The van der Waals surface area contributed by atoms with Gasteiger partial charge in [0.15, 0.2) is 0 Å². The first-order chi connectivity index (χ1) is 4.06. The van der Waals surface area contributed by atoms with Gasteiger partial charge in [0, 0.05) is 0 Å². The minimum atomic E-state index is 0.319. The van der Waals surface area contributed by atoms with E-state index in [-0.39, 0.29) is 0 Å². The maximum absolute atomic E-state index is 2.19. The largest absolute Gasteiger partial charge is 0.0877 e. The summed E-state index contributed by atoms with van der Waals surface area (Å²) in [6.45, 7) is 8.58. The van der Waals surface area contributed by atoms with Gasteiger partial charge in [0.2, 0.25) is 0 Å². The molecule has 0 saturated heterocycles. The van der Waals surface area contributed by atoms with Crippen molar-refractivity contribution in [2.45, 2.75) is 27.7 Å². The monoisotopic (exact) mass is 124 g/mol. The van der Waals surface area contributed by atoms with E-state index in [0.717, 1.165) is 0 Å². The SMILES string of the molecule is CC=C/C=C/C(C)(C)C. The molecule has 0 aromatic carbocycles. The Bertz CT molecular complexity index is 110. The molecule has 9 heavy (non-hydrogen) atoms. The third kappa shape index (κ3) is 7.48. The lowest BCUT2D eigenvalue weighted by atomic mass is 9.96. The summed E-state index contributed by atoms with van der Waals surface area (Å²) in [6.07, 6.45) is 8.35. The lowest BCUT2D eigenvalue weighted by molar-refractivity contribution is 0.544. The molecule has 0 spiro atoms. The van der Waals surface area contributed by atoms with Gasteiger partial charge in [-0.1, -0.05) is 45.1 Å². The van der Waals surface area contributed by atoms with Crippen molar-refractivity contribution in [3.05, 3.63) is 24.3 Å². The van der Waals surface area contributed by atoms with Crippen LogP contribution in [-0.2, 0) is 0 Å². The molecule has 0 nitrogen and oxygen atoms in total. The van der Waals surface area contributed by atoms with Gasteiger partial charge in [0.05, 0.1) is 0 Å². The Morgan fingerprint density at radius 3 is 1.89 bits per heavy atom. The number of hydrogen-bond acceptors (Lipinski definition) is 0. The molecule has 52 valence electrons. The Labute approximate surface area is 58.3 Å². The average Bonchev–Trinajstić information content (AvgIpc) is 1.63. The molecule has 0 bridgehead atoms. The van der Waals surface area contributed by atoms with Crippen molar-refractivity contribution >= 4 is 0 Å². The second-order valence-corrected chi connectivity index (χ2v) is 3.25. The van der Waals surface area contributed by atoms with Crippen molar-refractivity contribution in [2.75, 3.05) is 0 Å². The highest BCUT2D eigenvalue weighted by Crippen LogP contribution is 2.13. The van der Waals surface area contributed by atoms with Gasteiger partial charge < -0.3 is 0 Å². The molecule has 0 unspecified atom stereocenters. The molecule has 0 amide bonds. The lowest BCUT2D eigenvalue weighted by Crippen LogP contribution is -1.97. The standard InChI is InChI=1S/C9H16/c1-5-6-7-8-9(2,3)4/h5-8H,1-4H3/b6-5?,8-7+. The van der Waals surface area contributed by atoms with E-state index in [1.165, 1.54) is 0 Å². The molecule has 0 aliphatic rings. The van der Waals surface area contributed by atoms with Crippen LogP contribution in [-0.4, -0.2) is 0 Å². The zero-order valence-corrected chi connectivity index (χ0v) is 6.81. The third-order valence-electron chi connectivity index (χ3n) is 0.900. The molecule has 0 aliphatic heterocycles. The first-order valence-corrected chi connectivity index (χ1v) is 3.37. The Hall–Kier alpha value is -0.520. The van der Waals surface area contributed by atoms with E-state index in [4.69, 9.17) is 0 Å². The van der Waals surface area contributed by atoms with Crippen LogP contribution in [0, 0.1) is 5.41 Å². The number of hydrogen-bond donors (Lipinski definition) is 0. The van der Waals surface area contributed by atoms with Crippen molar-refractivity contribution < 1.29 is 0 Å². The lowest BCUT2D eigenvalue weighted by Gasteiger charge is -2.09. The van der Waals surface area contributed by atoms with Crippen LogP contribution >= 0.6 is 0 Å². The molecule has 0 heterocycles. The Morgan fingerprint density at radius 2 is 1.56 bits per heavy atom. The van der Waals surface area contributed by atoms with Crippen molar-refractivity contribution in [3.63, 3.8) is 0 Å². The number of rotatable bonds is 1. The summed E-state index contributed by atoms with van der Waals surface area (Å²) in [5.41, 5.74) is 0.319. The van der Waals surface area contributed by atoms with E-state index in [2.05, 4.69) is 32.9 Å². The number of allylic oxidation sites excluding steroid dienone is 4. The fourth-order valence-corrected chi connectivity index (χ4v) is 0.455. The summed E-state index contributed by atoms with van der Waals surface area (Å²) in [5.74, 6) is 0. The van der Waals surface area contributed by atoms with Crippen LogP contribution in [0.2, 0.25) is 0 Å². The quantitative estimate of drug-likeness (QED) is 0.471. The van der Waals surface area contributed by atoms with Crippen LogP contribution in [0.25, 0.3) is 0 Å². The van der Waals surface area contributed by atoms with Gasteiger partial charge in [-0.15, -0.1) is 0 Å². The molecule has 0 atom stereocenters. The van der Waals surface area contributed by atoms with Gasteiger partial charge in [0.1, 0.15) is 0 Å². The average molecular weight is 124 g/mol. The van der Waals surface area contributed by atoms with Crippen molar-refractivity contribution in [1.82, 2.24) is 0 Å². The molecule has 0 rings (SSSR count). The maximum Gasteiger partial charge on any atom is -0.0200 e. The smallest absolute Gasteiger partial charge is 0.0200 e. The molecule has 0 aromatic rings. The van der Waals surface area contributed by atoms with Crippen LogP contribution in [0.5, 0.6) is 0 Å². The Morgan fingerprint density at radius 1 is 1.00 bits per heavy atom. The molecular weight excluding hydrogens is 108 g/mol. The highest BCUT2D eigenvalue weighted by atomic mass is 14.1. The topological polar surface area (TPSA) is 0 Å². The molecule has 0 aliphatic carbocycles. The van der Waals surface area contributed by atoms with Crippen LogP contribution in [0.3, 0.4) is 0 Å². The molecule has 0 saturated carbocycles. The summed E-state index contributed by atoms with van der Waals surface area (Å²) in [4.78, 5) is 0. The summed E-state index contributed by atoms with van der Waals surface area (Å²) in [7, 11) is 0. The van der Waals surface area contributed by atoms with E-state index in [9.17, 15) is 0 Å². The fourth-order valence-electron chi connectivity index (χ4n) is 0.455. The van der Waals surface area contributed by atoms with Gasteiger partial charge in [0.25, 0.3) is 0 Å². The van der Waals surface area contributed by atoms with Crippen LogP contribution in [0.4, 0.5) is 0 Å². The fraction of sp³-hybridized carbons (Fsp3) is 0.556. The predicted molar refractivity (Wildman–Crippen MR) is 43.4 cm³/mol. The normalized spacial score (nSPS) is 13.8. The molecule has 0 heteroatoms. The second kappa shape index (κ2) is 3.49. The van der Waals surface area contributed by atoms with Crippen molar-refractivity contribution in [2.24, 2.45) is 5.41 Å². The molecule has 0 aromatic heterocycles. The Balaban J connectivity index is 3.71. The molecule has 0 N–H and O–H groups in total. The predicted octanol–water partition coefficient (Wildman–Crippen LogP) is 3.16. The van der Waals surface area contributed by atoms with E-state index >= 15 is 0 Å². The minimum absolute atomic E-state index is 0.319. The Kier molecular flexibility index (Phi) is 3.29. The van der Waals surface area contributed by atoms with E-state index in [1.54, 1.807) is 0 Å². The second-order valence-electron chi connectivity index (χ2n) is 3.25. The van der Waals surface area contributed by atoms with E-state index in [1.807, 2.05) is 19.1 Å². The van der Waals surface area contributed by atoms with Gasteiger partial charge in [-0.3, -0.25) is 0 Å².